The van der Waals surface area contributed by atoms with Crippen molar-refractivity contribution >= 4 is 11.9 Å². The van der Waals surface area contributed by atoms with E-state index in [9.17, 15) is 9.59 Å². The van der Waals surface area contributed by atoms with E-state index in [2.05, 4.69) is 49.9 Å². The number of fused-ring (bicyclic) bond motifs is 4. The van der Waals surface area contributed by atoms with Gasteiger partial charge in [-0.2, -0.15) is 0 Å². The van der Waals surface area contributed by atoms with E-state index in [-0.39, 0.29) is 34.7 Å². The van der Waals surface area contributed by atoms with Crippen molar-refractivity contribution in [2.75, 3.05) is 13.7 Å². The molecule has 28 heavy (non-hydrogen) atoms. The number of likely N-dealkylation sites (tertiary alicyclic amines) is 1. The third kappa shape index (κ3) is 2.79. The lowest BCUT2D eigenvalue weighted by molar-refractivity contribution is -0.153. The Morgan fingerprint density at radius 1 is 1.04 bits per heavy atom. The molecular weight excluding hydrogens is 350 g/mol. The minimum atomic E-state index is -0.121. The second-order valence-corrected chi connectivity index (χ2v) is 9.78. The fourth-order valence-electron chi connectivity index (χ4n) is 6.11. The fourth-order valence-corrected chi connectivity index (χ4v) is 6.11. The van der Waals surface area contributed by atoms with Crippen molar-refractivity contribution in [3.63, 3.8) is 0 Å². The SMILES string of the molecule is COC(=O)C1CCC(C(=O)N2CC[C@@]3(C)c4ccccc4C[C@@H]2C3(C)C)CC1. The first-order valence-electron chi connectivity index (χ1n) is 10.8. The third-order valence-electron chi connectivity index (χ3n) is 8.40. The molecule has 0 unspecified atom stereocenters. The molecule has 0 spiro atoms. The Labute approximate surface area is 168 Å². The van der Waals surface area contributed by atoms with E-state index < -0.39 is 0 Å². The van der Waals surface area contributed by atoms with E-state index in [0.717, 1.165) is 45.1 Å². The van der Waals surface area contributed by atoms with Gasteiger partial charge in [-0.05, 0) is 55.1 Å². The summed E-state index contributed by atoms with van der Waals surface area (Å²) in [5.41, 5.74) is 3.02. The molecule has 0 aromatic heterocycles. The summed E-state index contributed by atoms with van der Waals surface area (Å²) in [6, 6.07) is 9.05. The summed E-state index contributed by atoms with van der Waals surface area (Å²) < 4.78 is 4.89. The number of amides is 1. The number of rotatable bonds is 2. The molecular formula is C24H33NO3. The molecule has 4 heteroatoms. The van der Waals surface area contributed by atoms with Gasteiger partial charge in [0.1, 0.15) is 0 Å². The van der Waals surface area contributed by atoms with Gasteiger partial charge < -0.3 is 9.64 Å². The maximum atomic E-state index is 13.5. The average Bonchev–Trinajstić information content (AvgIpc) is 2.70. The van der Waals surface area contributed by atoms with Gasteiger partial charge in [-0.3, -0.25) is 9.59 Å². The van der Waals surface area contributed by atoms with E-state index in [0.29, 0.717) is 5.91 Å². The van der Waals surface area contributed by atoms with Gasteiger partial charge >= 0.3 is 5.97 Å². The first-order valence-corrected chi connectivity index (χ1v) is 10.8. The smallest absolute Gasteiger partial charge is 0.308 e. The Morgan fingerprint density at radius 2 is 1.68 bits per heavy atom. The van der Waals surface area contributed by atoms with Crippen LogP contribution >= 0.6 is 0 Å². The minimum absolute atomic E-state index is 0.0308. The zero-order chi connectivity index (χ0) is 20.1. The second kappa shape index (κ2) is 6.89. The van der Waals surface area contributed by atoms with Gasteiger partial charge in [-0.25, -0.2) is 0 Å². The Kier molecular flexibility index (Phi) is 4.79. The quantitative estimate of drug-likeness (QED) is 0.722. The summed E-state index contributed by atoms with van der Waals surface area (Å²) in [4.78, 5) is 27.5. The van der Waals surface area contributed by atoms with Gasteiger partial charge in [0.25, 0.3) is 0 Å². The van der Waals surface area contributed by atoms with Crippen molar-refractivity contribution < 1.29 is 14.3 Å². The highest BCUT2D eigenvalue weighted by atomic mass is 16.5. The van der Waals surface area contributed by atoms with Crippen molar-refractivity contribution in [1.82, 2.24) is 4.90 Å². The predicted octanol–water partition coefficient (Wildman–Crippen LogP) is 4.11. The molecule has 4 nitrogen and oxygen atoms in total. The van der Waals surface area contributed by atoms with Crippen LogP contribution in [-0.2, 0) is 26.2 Å². The molecule has 1 saturated heterocycles. The molecule has 1 aromatic rings. The Hall–Kier alpha value is -1.84. The Bertz CT molecular complexity index is 778. The zero-order valence-electron chi connectivity index (χ0n) is 17.7. The number of piperidine rings is 1. The lowest BCUT2D eigenvalue weighted by atomic mass is 9.51. The Morgan fingerprint density at radius 3 is 2.36 bits per heavy atom. The van der Waals surface area contributed by atoms with Crippen molar-refractivity contribution in [3.05, 3.63) is 35.4 Å². The molecule has 4 rings (SSSR count). The van der Waals surface area contributed by atoms with Crippen molar-refractivity contribution in [2.45, 2.75) is 70.8 Å². The highest BCUT2D eigenvalue weighted by Gasteiger charge is 2.57. The molecule has 2 bridgehead atoms. The number of ether oxygens (including phenoxy) is 1. The van der Waals surface area contributed by atoms with Crippen LogP contribution in [0, 0.1) is 17.3 Å². The van der Waals surface area contributed by atoms with Crippen LogP contribution in [-0.4, -0.2) is 36.5 Å². The van der Waals surface area contributed by atoms with Gasteiger partial charge in [0, 0.05) is 23.9 Å². The predicted molar refractivity (Wildman–Crippen MR) is 109 cm³/mol. The number of hydrogen-bond donors (Lipinski definition) is 0. The van der Waals surface area contributed by atoms with Crippen LogP contribution in [0.4, 0.5) is 0 Å². The van der Waals surface area contributed by atoms with Crippen molar-refractivity contribution in [2.24, 2.45) is 17.3 Å². The molecule has 2 fully saturated rings. The van der Waals surface area contributed by atoms with Crippen LogP contribution in [0.5, 0.6) is 0 Å². The number of benzene rings is 1. The standard InChI is InChI=1S/C24H33NO3/c1-23(2)20-15-18-7-5-6-8-19(18)24(23,3)13-14-25(20)21(26)16-9-11-17(12-10-16)22(27)28-4/h5-8,16-17,20H,9-15H2,1-4H3/t16?,17?,20-,24+/m1/s1. The summed E-state index contributed by atoms with van der Waals surface area (Å²) in [5, 5.41) is 0. The summed E-state index contributed by atoms with van der Waals surface area (Å²) in [5.74, 6) is 0.211. The maximum absolute atomic E-state index is 13.5. The summed E-state index contributed by atoms with van der Waals surface area (Å²) in [7, 11) is 1.45. The Balaban J connectivity index is 1.55. The molecule has 1 heterocycles. The normalized spacial score (nSPS) is 33.7. The third-order valence-corrected chi connectivity index (χ3v) is 8.40. The van der Waals surface area contributed by atoms with E-state index in [1.54, 1.807) is 0 Å². The van der Waals surface area contributed by atoms with E-state index in [1.807, 2.05) is 0 Å². The molecule has 0 N–H and O–H groups in total. The van der Waals surface area contributed by atoms with E-state index in [4.69, 9.17) is 4.74 Å². The van der Waals surface area contributed by atoms with Crippen LogP contribution in [0.3, 0.4) is 0 Å². The zero-order valence-corrected chi connectivity index (χ0v) is 17.7. The minimum Gasteiger partial charge on any atom is -0.469 e. The molecule has 0 radical (unpaired) electrons. The molecule has 3 aliphatic rings. The van der Waals surface area contributed by atoms with Crippen LogP contribution in [0.25, 0.3) is 0 Å². The number of carbonyl (C=O) groups is 2. The van der Waals surface area contributed by atoms with Gasteiger partial charge in [-0.15, -0.1) is 0 Å². The van der Waals surface area contributed by atoms with Gasteiger partial charge in [0.15, 0.2) is 0 Å². The number of nitrogens with zero attached hydrogens (tertiary/aromatic N) is 1. The summed E-state index contributed by atoms with van der Waals surface area (Å²) in [6.45, 7) is 7.93. The summed E-state index contributed by atoms with van der Waals surface area (Å²) >= 11 is 0. The lowest BCUT2D eigenvalue weighted by Gasteiger charge is -2.61. The number of esters is 1. The van der Waals surface area contributed by atoms with Crippen molar-refractivity contribution in [3.8, 4) is 0 Å². The molecule has 1 aromatic carbocycles. The lowest BCUT2D eigenvalue weighted by Crippen LogP contribution is -2.65. The van der Waals surface area contributed by atoms with Crippen LogP contribution in [0.1, 0.15) is 64.0 Å². The van der Waals surface area contributed by atoms with E-state index in [1.165, 1.54) is 18.2 Å². The second-order valence-electron chi connectivity index (χ2n) is 9.78. The van der Waals surface area contributed by atoms with Crippen molar-refractivity contribution in [1.29, 1.82) is 0 Å². The molecule has 152 valence electrons. The molecule has 1 saturated carbocycles. The number of carbonyl (C=O) groups excluding carboxylic acids is 2. The highest BCUT2D eigenvalue weighted by molar-refractivity contribution is 5.80. The first kappa shape index (κ1) is 19.5. The largest absolute Gasteiger partial charge is 0.469 e. The molecule has 1 aliphatic heterocycles. The fraction of sp³-hybridized carbons (Fsp3) is 0.667. The average molecular weight is 384 g/mol. The van der Waals surface area contributed by atoms with Gasteiger partial charge in [0.05, 0.1) is 13.0 Å². The highest BCUT2D eigenvalue weighted by Crippen LogP contribution is 2.56. The van der Waals surface area contributed by atoms with E-state index >= 15 is 0 Å². The van der Waals surface area contributed by atoms with Gasteiger partial charge in [0.2, 0.25) is 5.91 Å². The number of hydrogen-bond acceptors (Lipinski definition) is 3. The molecule has 2 aliphatic carbocycles. The van der Waals surface area contributed by atoms with Crippen LogP contribution in [0.2, 0.25) is 0 Å². The maximum Gasteiger partial charge on any atom is 0.308 e. The molecule has 2 atom stereocenters. The molecule has 1 amide bonds. The van der Waals surface area contributed by atoms with Crippen LogP contribution in [0.15, 0.2) is 24.3 Å². The first-order chi connectivity index (χ1) is 13.3. The van der Waals surface area contributed by atoms with Crippen LogP contribution < -0.4 is 0 Å². The monoisotopic (exact) mass is 383 g/mol. The number of methoxy groups -OCH3 is 1. The van der Waals surface area contributed by atoms with Gasteiger partial charge in [-0.1, -0.05) is 45.0 Å². The summed E-state index contributed by atoms with van der Waals surface area (Å²) in [6.07, 6.45) is 5.10. The topological polar surface area (TPSA) is 46.6 Å².